The molecule has 0 saturated heterocycles. The summed E-state index contributed by atoms with van der Waals surface area (Å²) in [5, 5.41) is 2.80. The zero-order chi connectivity index (χ0) is 15.9. The molecule has 6 heteroatoms. The van der Waals surface area contributed by atoms with Gasteiger partial charge in [-0.2, -0.15) is 0 Å². The highest BCUT2D eigenvalue weighted by molar-refractivity contribution is 5.82. The van der Waals surface area contributed by atoms with Crippen LogP contribution in [0.5, 0.6) is 11.5 Å². The summed E-state index contributed by atoms with van der Waals surface area (Å²) < 4.78 is 15.9. The number of hydrogen-bond acceptors (Lipinski definition) is 5. The number of carbonyl (C=O) groups is 2. The number of hydrogen-bond donors (Lipinski definition) is 1. The second-order valence-corrected chi connectivity index (χ2v) is 5.05. The first-order valence-corrected chi connectivity index (χ1v) is 7.48. The van der Waals surface area contributed by atoms with Crippen LogP contribution < -0.4 is 14.8 Å². The van der Waals surface area contributed by atoms with Crippen molar-refractivity contribution in [3.63, 3.8) is 0 Å². The lowest BCUT2D eigenvalue weighted by Gasteiger charge is -2.25. The van der Waals surface area contributed by atoms with Crippen LogP contribution in [0.25, 0.3) is 0 Å². The predicted molar refractivity (Wildman–Crippen MR) is 79.8 cm³/mol. The molecular formula is C16H21NO5. The van der Waals surface area contributed by atoms with Crippen LogP contribution in [-0.2, 0) is 14.3 Å². The molecule has 1 aliphatic rings. The van der Waals surface area contributed by atoms with Gasteiger partial charge in [0.2, 0.25) is 6.10 Å². The Bertz CT molecular complexity index is 527. The highest BCUT2D eigenvalue weighted by Gasteiger charge is 2.29. The first kappa shape index (κ1) is 16.1. The SMILES string of the molecule is CCC(CC)NC(=O)COC(=O)[C@H]1COc2ccccc2O1. The fourth-order valence-corrected chi connectivity index (χ4v) is 2.13. The smallest absolute Gasteiger partial charge is 0.351 e. The topological polar surface area (TPSA) is 73.9 Å². The third-order valence-electron chi connectivity index (χ3n) is 3.47. The Morgan fingerprint density at radius 2 is 1.95 bits per heavy atom. The molecule has 1 amide bonds. The van der Waals surface area contributed by atoms with E-state index in [4.69, 9.17) is 14.2 Å². The Hall–Kier alpha value is -2.24. The maximum atomic E-state index is 11.9. The lowest BCUT2D eigenvalue weighted by Crippen LogP contribution is -2.41. The van der Waals surface area contributed by atoms with Gasteiger partial charge in [-0.05, 0) is 25.0 Å². The fraction of sp³-hybridized carbons (Fsp3) is 0.500. The van der Waals surface area contributed by atoms with Crippen LogP contribution in [0.4, 0.5) is 0 Å². The van der Waals surface area contributed by atoms with Gasteiger partial charge in [0.15, 0.2) is 18.1 Å². The van der Waals surface area contributed by atoms with E-state index >= 15 is 0 Å². The molecule has 120 valence electrons. The molecule has 1 N–H and O–H groups in total. The second-order valence-electron chi connectivity index (χ2n) is 5.05. The predicted octanol–water partition coefficient (Wildman–Crippen LogP) is 1.67. The summed E-state index contributed by atoms with van der Waals surface area (Å²) in [4.78, 5) is 23.6. The van der Waals surface area contributed by atoms with Crippen LogP contribution in [-0.4, -0.2) is 37.2 Å². The van der Waals surface area contributed by atoms with E-state index in [1.807, 2.05) is 19.9 Å². The molecule has 0 bridgehead atoms. The molecule has 1 aliphatic heterocycles. The second kappa shape index (κ2) is 7.68. The number of carbonyl (C=O) groups excluding carboxylic acids is 2. The summed E-state index contributed by atoms with van der Waals surface area (Å²) in [6.07, 6.45) is 0.829. The molecule has 0 fully saturated rings. The van der Waals surface area contributed by atoms with Gasteiger partial charge in [-0.15, -0.1) is 0 Å². The maximum Gasteiger partial charge on any atom is 0.351 e. The highest BCUT2D eigenvalue weighted by Crippen LogP contribution is 2.31. The monoisotopic (exact) mass is 307 g/mol. The molecule has 2 rings (SSSR count). The van der Waals surface area contributed by atoms with Crippen molar-refractivity contribution in [2.45, 2.75) is 38.8 Å². The average Bonchev–Trinajstić information content (AvgIpc) is 2.57. The van der Waals surface area contributed by atoms with E-state index in [0.29, 0.717) is 11.5 Å². The van der Waals surface area contributed by atoms with E-state index in [1.165, 1.54) is 0 Å². The maximum absolute atomic E-state index is 11.9. The normalized spacial score (nSPS) is 16.2. The van der Waals surface area contributed by atoms with Gasteiger partial charge in [-0.3, -0.25) is 4.79 Å². The van der Waals surface area contributed by atoms with Crippen LogP contribution in [0.3, 0.4) is 0 Å². The zero-order valence-electron chi connectivity index (χ0n) is 12.8. The number of rotatable bonds is 6. The fourth-order valence-electron chi connectivity index (χ4n) is 2.13. The molecule has 1 aromatic rings. The van der Waals surface area contributed by atoms with Gasteiger partial charge >= 0.3 is 5.97 Å². The summed E-state index contributed by atoms with van der Waals surface area (Å²) in [7, 11) is 0. The minimum Gasteiger partial charge on any atom is -0.485 e. The third-order valence-corrected chi connectivity index (χ3v) is 3.47. The number of para-hydroxylation sites is 2. The van der Waals surface area contributed by atoms with E-state index in [1.54, 1.807) is 18.2 Å². The lowest BCUT2D eigenvalue weighted by atomic mass is 10.2. The third kappa shape index (κ3) is 4.13. The summed E-state index contributed by atoms with van der Waals surface area (Å²) in [6.45, 7) is 3.75. The molecule has 1 aromatic carbocycles. The summed E-state index contributed by atoms with van der Waals surface area (Å²) >= 11 is 0. The van der Waals surface area contributed by atoms with Crippen molar-refractivity contribution in [2.75, 3.05) is 13.2 Å². The van der Waals surface area contributed by atoms with Crippen LogP contribution in [0, 0.1) is 0 Å². The van der Waals surface area contributed by atoms with Crippen molar-refractivity contribution in [1.82, 2.24) is 5.32 Å². The van der Waals surface area contributed by atoms with Gasteiger partial charge in [0, 0.05) is 6.04 Å². The van der Waals surface area contributed by atoms with E-state index in [-0.39, 0.29) is 25.2 Å². The molecule has 0 aromatic heterocycles. The number of fused-ring (bicyclic) bond motifs is 1. The number of benzene rings is 1. The molecule has 0 saturated carbocycles. The minimum absolute atomic E-state index is 0.0734. The van der Waals surface area contributed by atoms with Gasteiger partial charge < -0.3 is 19.5 Å². The minimum atomic E-state index is -0.851. The van der Waals surface area contributed by atoms with Crippen LogP contribution in [0.2, 0.25) is 0 Å². The van der Waals surface area contributed by atoms with Gasteiger partial charge in [-0.1, -0.05) is 26.0 Å². The number of ether oxygens (including phenoxy) is 3. The van der Waals surface area contributed by atoms with Gasteiger partial charge in [0.1, 0.15) is 6.61 Å². The molecule has 6 nitrogen and oxygen atoms in total. The molecule has 0 radical (unpaired) electrons. The molecule has 1 atom stereocenters. The van der Waals surface area contributed by atoms with Gasteiger partial charge in [0.25, 0.3) is 5.91 Å². The summed E-state index contributed by atoms with van der Waals surface area (Å²) in [5.74, 6) is 0.184. The van der Waals surface area contributed by atoms with Crippen molar-refractivity contribution in [2.24, 2.45) is 0 Å². The van der Waals surface area contributed by atoms with Gasteiger partial charge in [0.05, 0.1) is 0 Å². The summed E-state index contributed by atoms with van der Waals surface area (Å²) in [6, 6.07) is 7.20. The Balaban J connectivity index is 1.80. The van der Waals surface area contributed by atoms with Crippen molar-refractivity contribution < 1.29 is 23.8 Å². The molecule has 1 heterocycles. The number of esters is 1. The van der Waals surface area contributed by atoms with Crippen molar-refractivity contribution in [3.05, 3.63) is 24.3 Å². The van der Waals surface area contributed by atoms with Crippen LogP contribution >= 0.6 is 0 Å². The Labute approximate surface area is 129 Å². The van der Waals surface area contributed by atoms with Crippen LogP contribution in [0.15, 0.2) is 24.3 Å². The lowest BCUT2D eigenvalue weighted by molar-refractivity contribution is -0.157. The van der Waals surface area contributed by atoms with E-state index in [0.717, 1.165) is 12.8 Å². The van der Waals surface area contributed by atoms with Crippen LogP contribution in [0.1, 0.15) is 26.7 Å². The van der Waals surface area contributed by atoms with Crippen molar-refractivity contribution in [1.29, 1.82) is 0 Å². The van der Waals surface area contributed by atoms with Crippen molar-refractivity contribution >= 4 is 11.9 Å². The van der Waals surface area contributed by atoms with E-state index in [2.05, 4.69) is 5.32 Å². The first-order chi connectivity index (χ1) is 10.6. The Morgan fingerprint density at radius 1 is 1.27 bits per heavy atom. The molecule has 0 spiro atoms. The largest absolute Gasteiger partial charge is 0.485 e. The zero-order valence-corrected chi connectivity index (χ0v) is 12.8. The molecule has 0 unspecified atom stereocenters. The molecule has 0 aliphatic carbocycles. The van der Waals surface area contributed by atoms with Crippen molar-refractivity contribution in [3.8, 4) is 11.5 Å². The van der Waals surface area contributed by atoms with E-state index in [9.17, 15) is 9.59 Å². The quantitative estimate of drug-likeness (QED) is 0.809. The Morgan fingerprint density at radius 3 is 2.64 bits per heavy atom. The standard InChI is InChI=1S/C16H21NO5/c1-3-11(4-2)17-15(18)10-21-16(19)14-9-20-12-7-5-6-8-13(12)22-14/h5-8,11,14H,3-4,9-10H2,1-2H3,(H,17,18)/t14-/m1/s1. The average molecular weight is 307 g/mol. The summed E-state index contributed by atoms with van der Waals surface area (Å²) in [5.41, 5.74) is 0. The number of nitrogens with one attached hydrogen (secondary N) is 1. The number of amides is 1. The van der Waals surface area contributed by atoms with Gasteiger partial charge in [-0.25, -0.2) is 4.79 Å². The molecule has 22 heavy (non-hydrogen) atoms. The Kier molecular flexibility index (Phi) is 5.63. The first-order valence-electron chi connectivity index (χ1n) is 7.48. The highest BCUT2D eigenvalue weighted by atomic mass is 16.6. The molecular weight excluding hydrogens is 286 g/mol. The van der Waals surface area contributed by atoms with E-state index < -0.39 is 12.1 Å².